The summed E-state index contributed by atoms with van der Waals surface area (Å²) in [4.78, 5) is 11.4. The molecule has 1 aromatic carbocycles. The minimum absolute atomic E-state index is 0.342. The number of methoxy groups -OCH3 is 1. The molecule has 0 saturated carbocycles. The van der Waals surface area contributed by atoms with Crippen LogP contribution in [0.3, 0.4) is 0 Å². The Labute approximate surface area is 124 Å². The van der Waals surface area contributed by atoms with E-state index in [0.29, 0.717) is 29.5 Å². The summed E-state index contributed by atoms with van der Waals surface area (Å²) in [5, 5.41) is 0. The van der Waals surface area contributed by atoms with Gasteiger partial charge in [0.1, 0.15) is 5.75 Å². The number of halogens is 3. The monoisotopic (exact) mass is 336 g/mol. The number of hydrogen-bond donors (Lipinski definition) is 0. The molecule has 22 heavy (non-hydrogen) atoms. The lowest BCUT2D eigenvalue weighted by Crippen LogP contribution is -2.28. The van der Waals surface area contributed by atoms with E-state index in [1.54, 1.807) is 6.08 Å². The van der Waals surface area contributed by atoms with Gasteiger partial charge in [-0.3, -0.25) is 0 Å². The number of benzene rings is 1. The Hall–Kier alpha value is -2.03. The number of carbonyl (C=O) groups is 1. The maximum absolute atomic E-state index is 12.3. The van der Waals surface area contributed by atoms with Gasteiger partial charge in [-0.15, -0.1) is 0 Å². The van der Waals surface area contributed by atoms with E-state index in [2.05, 4.69) is 8.92 Å². The van der Waals surface area contributed by atoms with Crippen molar-refractivity contribution in [3.05, 3.63) is 34.9 Å². The maximum atomic E-state index is 12.3. The average molecular weight is 336 g/mol. The van der Waals surface area contributed by atoms with Crippen LogP contribution in [0.25, 0.3) is 6.08 Å². The third-order valence-electron chi connectivity index (χ3n) is 3.04. The fraction of sp³-hybridized carbons (Fsp3) is 0.308. The summed E-state index contributed by atoms with van der Waals surface area (Å²) >= 11 is 0. The standard InChI is InChI=1S/C13H11F3O5S/c1-20-12(17)10-3-2-9-7-11(5-4-8(9)6-10)21-22(18,19)13(14,15)16/h4-7H,2-3H2,1H3. The zero-order valence-electron chi connectivity index (χ0n) is 11.3. The molecule has 120 valence electrons. The number of alkyl halides is 3. The third kappa shape index (κ3) is 3.24. The molecule has 0 radical (unpaired) electrons. The van der Waals surface area contributed by atoms with E-state index in [1.807, 2.05) is 0 Å². The number of fused-ring (bicyclic) bond motifs is 1. The van der Waals surface area contributed by atoms with Gasteiger partial charge in [0.25, 0.3) is 0 Å². The van der Waals surface area contributed by atoms with E-state index in [9.17, 15) is 26.4 Å². The summed E-state index contributed by atoms with van der Waals surface area (Å²) in [5.41, 5.74) is -3.86. The summed E-state index contributed by atoms with van der Waals surface area (Å²) in [6.45, 7) is 0. The molecular formula is C13H11F3O5S. The lowest BCUT2D eigenvalue weighted by atomic mass is 9.92. The molecule has 1 aliphatic rings. The lowest BCUT2D eigenvalue weighted by molar-refractivity contribution is -0.136. The second-order valence-corrected chi connectivity index (χ2v) is 6.04. The fourth-order valence-corrected chi connectivity index (χ4v) is 2.44. The van der Waals surface area contributed by atoms with Crippen molar-refractivity contribution in [1.82, 2.24) is 0 Å². The third-order valence-corrected chi connectivity index (χ3v) is 4.02. The molecule has 0 atom stereocenters. The smallest absolute Gasteiger partial charge is 0.466 e. The Morgan fingerprint density at radius 1 is 1.23 bits per heavy atom. The van der Waals surface area contributed by atoms with Gasteiger partial charge in [0, 0.05) is 5.57 Å². The number of esters is 1. The number of aryl methyl sites for hydroxylation is 1. The lowest BCUT2D eigenvalue weighted by Gasteiger charge is -2.16. The van der Waals surface area contributed by atoms with Crippen LogP contribution in [0.2, 0.25) is 0 Å². The fourth-order valence-electron chi connectivity index (χ4n) is 1.99. The van der Waals surface area contributed by atoms with Gasteiger partial charge in [0.2, 0.25) is 0 Å². The van der Waals surface area contributed by atoms with Crippen LogP contribution in [0, 0.1) is 0 Å². The highest BCUT2D eigenvalue weighted by atomic mass is 32.2. The Bertz CT molecular complexity index is 735. The average Bonchev–Trinajstić information content (AvgIpc) is 2.44. The van der Waals surface area contributed by atoms with Crippen LogP contribution in [0.4, 0.5) is 13.2 Å². The van der Waals surface area contributed by atoms with Crippen molar-refractivity contribution >= 4 is 22.2 Å². The van der Waals surface area contributed by atoms with Crippen molar-refractivity contribution in [2.45, 2.75) is 18.3 Å². The zero-order chi connectivity index (χ0) is 16.5. The highest BCUT2D eigenvalue weighted by molar-refractivity contribution is 7.88. The van der Waals surface area contributed by atoms with Gasteiger partial charge in [-0.25, -0.2) is 4.79 Å². The molecule has 0 fully saturated rings. The molecule has 0 bridgehead atoms. The Balaban J connectivity index is 2.29. The van der Waals surface area contributed by atoms with Crippen molar-refractivity contribution in [2.75, 3.05) is 7.11 Å². The topological polar surface area (TPSA) is 69.7 Å². The number of hydrogen-bond acceptors (Lipinski definition) is 5. The van der Waals surface area contributed by atoms with E-state index < -0.39 is 27.3 Å². The minimum atomic E-state index is -5.70. The predicted octanol–water partition coefficient (Wildman–Crippen LogP) is 2.42. The molecule has 9 heteroatoms. The molecule has 1 aromatic rings. The Morgan fingerprint density at radius 3 is 2.50 bits per heavy atom. The summed E-state index contributed by atoms with van der Waals surface area (Å²) in [7, 11) is -4.45. The van der Waals surface area contributed by atoms with E-state index in [1.165, 1.54) is 19.2 Å². The van der Waals surface area contributed by atoms with Crippen molar-refractivity contribution < 1.29 is 35.3 Å². The molecule has 2 rings (SSSR count). The van der Waals surface area contributed by atoms with Crippen molar-refractivity contribution in [3.63, 3.8) is 0 Å². The van der Waals surface area contributed by atoms with E-state index in [4.69, 9.17) is 0 Å². The highest BCUT2D eigenvalue weighted by Gasteiger charge is 2.48. The predicted molar refractivity (Wildman–Crippen MR) is 70.4 cm³/mol. The van der Waals surface area contributed by atoms with Crippen LogP contribution < -0.4 is 4.18 Å². The molecule has 5 nitrogen and oxygen atoms in total. The van der Waals surface area contributed by atoms with Gasteiger partial charge in [0.05, 0.1) is 7.11 Å². The molecule has 0 aromatic heterocycles. The second kappa shape index (κ2) is 5.64. The van der Waals surface area contributed by atoms with Crippen LogP contribution >= 0.6 is 0 Å². The normalized spacial score (nSPS) is 14.8. The van der Waals surface area contributed by atoms with Crippen LogP contribution in [-0.2, 0) is 26.1 Å². The minimum Gasteiger partial charge on any atom is -0.466 e. The molecule has 1 aliphatic carbocycles. The van der Waals surface area contributed by atoms with Gasteiger partial charge in [-0.1, -0.05) is 6.07 Å². The second-order valence-electron chi connectivity index (χ2n) is 4.50. The molecule has 0 spiro atoms. The van der Waals surface area contributed by atoms with Crippen molar-refractivity contribution in [2.24, 2.45) is 0 Å². The molecule has 0 N–H and O–H groups in total. The first-order chi connectivity index (χ1) is 10.1. The largest absolute Gasteiger partial charge is 0.534 e. The SMILES string of the molecule is COC(=O)C1=Cc2ccc(OS(=O)(=O)C(F)(F)F)cc2CC1. The van der Waals surface area contributed by atoms with Gasteiger partial charge in [0.15, 0.2) is 0 Å². The summed E-state index contributed by atoms with van der Waals surface area (Å²) in [5.74, 6) is -0.906. The number of ether oxygens (including phenoxy) is 1. The van der Waals surface area contributed by atoms with Crippen LogP contribution in [0.15, 0.2) is 23.8 Å². The molecule has 0 unspecified atom stereocenters. The summed E-state index contributed by atoms with van der Waals surface area (Å²) in [6.07, 6.45) is 2.25. The van der Waals surface area contributed by atoms with Crippen LogP contribution in [-0.4, -0.2) is 27.0 Å². The van der Waals surface area contributed by atoms with E-state index in [0.717, 1.165) is 6.07 Å². The summed E-state index contributed by atoms with van der Waals surface area (Å²) < 4.78 is 67.3. The number of carbonyl (C=O) groups excluding carboxylic acids is 1. The first-order valence-corrected chi connectivity index (χ1v) is 7.47. The maximum Gasteiger partial charge on any atom is 0.534 e. The van der Waals surface area contributed by atoms with Gasteiger partial charge in [-0.05, 0) is 42.2 Å². The number of rotatable bonds is 3. The molecule has 0 saturated heterocycles. The van der Waals surface area contributed by atoms with Crippen molar-refractivity contribution in [1.29, 1.82) is 0 Å². The Morgan fingerprint density at radius 2 is 1.91 bits per heavy atom. The van der Waals surface area contributed by atoms with Gasteiger partial charge in [-0.2, -0.15) is 21.6 Å². The summed E-state index contributed by atoms with van der Waals surface area (Å²) in [6, 6.07) is 3.70. The van der Waals surface area contributed by atoms with Gasteiger partial charge < -0.3 is 8.92 Å². The molecular weight excluding hydrogens is 325 g/mol. The Kier molecular flexibility index (Phi) is 4.19. The molecule has 0 amide bonds. The van der Waals surface area contributed by atoms with E-state index >= 15 is 0 Å². The van der Waals surface area contributed by atoms with Gasteiger partial charge >= 0.3 is 21.6 Å². The molecule has 0 heterocycles. The van der Waals surface area contributed by atoms with E-state index in [-0.39, 0.29) is 0 Å². The van der Waals surface area contributed by atoms with Crippen LogP contribution in [0.5, 0.6) is 5.75 Å². The first kappa shape index (κ1) is 16.3. The first-order valence-electron chi connectivity index (χ1n) is 6.06. The quantitative estimate of drug-likeness (QED) is 0.482. The molecule has 0 aliphatic heterocycles. The van der Waals surface area contributed by atoms with Crippen molar-refractivity contribution in [3.8, 4) is 5.75 Å². The highest BCUT2D eigenvalue weighted by Crippen LogP contribution is 2.31. The van der Waals surface area contributed by atoms with Crippen LogP contribution in [0.1, 0.15) is 17.5 Å². The zero-order valence-corrected chi connectivity index (χ0v) is 12.1.